The van der Waals surface area contributed by atoms with Crippen LogP contribution in [0.1, 0.15) is 11.1 Å². The summed E-state index contributed by atoms with van der Waals surface area (Å²) in [6.45, 7) is 1.18. The molecule has 1 N–H and O–H groups in total. The molecular formula is C23H21ClN4O6S. The number of rotatable bonds is 9. The highest BCUT2D eigenvalue weighted by Gasteiger charge is 2.27. The SMILES string of the molecule is COc1ccc(/C=N/NC(=O)CN(c2ccc(C)c(Cl)c2)S(=O)(=O)c2ccccc2)cc1[N+](=O)[O-]. The van der Waals surface area contributed by atoms with E-state index in [1.165, 1.54) is 49.7 Å². The van der Waals surface area contributed by atoms with E-state index in [4.69, 9.17) is 16.3 Å². The molecule has 0 aliphatic rings. The molecule has 0 saturated carbocycles. The number of methoxy groups -OCH3 is 1. The number of benzene rings is 3. The van der Waals surface area contributed by atoms with Gasteiger partial charge in [0.25, 0.3) is 15.9 Å². The maximum atomic E-state index is 13.3. The van der Waals surface area contributed by atoms with Crippen LogP contribution in [-0.2, 0) is 14.8 Å². The molecule has 10 nitrogen and oxygen atoms in total. The van der Waals surface area contributed by atoms with E-state index in [2.05, 4.69) is 10.5 Å². The first kappa shape index (κ1) is 25.7. The second kappa shape index (κ2) is 11.0. The number of nitro groups is 1. The molecule has 3 aromatic rings. The standard InChI is InChI=1S/C23H21ClN4O6S/c1-16-8-10-18(13-20(16)24)27(35(32,33)19-6-4-3-5-7-19)15-23(29)26-25-14-17-9-11-22(34-2)21(12-17)28(30)31/h3-14H,15H2,1-2H3,(H,26,29)/b25-14+. The number of halogens is 1. The monoisotopic (exact) mass is 516 g/mol. The molecule has 0 bridgehead atoms. The Balaban J connectivity index is 1.84. The van der Waals surface area contributed by atoms with E-state index in [0.717, 1.165) is 9.87 Å². The Morgan fingerprint density at radius 3 is 2.51 bits per heavy atom. The summed E-state index contributed by atoms with van der Waals surface area (Å²) in [5.74, 6) is -0.657. The summed E-state index contributed by atoms with van der Waals surface area (Å²) in [6.07, 6.45) is 1.20. The number of amides is 1. The van der Waals surface area contributed by atoms with Crippen molar-refractivity contribution in [3.63, 3.8) is 0 Å². The average Bonchev–Trinajstić information content (AvgIpc) is 2.84. The second-order valence-corrected chi connectivity index (χ2v) is 9.51. The van der Waals surface area contributed by atoms with Crippen LogP contribution in [0.15, 0.2) is 76.7 Å². The number of carbonyl (C=O) groups is 1. The third-order valence-electron chi connectivity index (χ3n) is 4.86. The molecule has 0 aromatic heterocycles. The van der Waals surface area contributed by atoms with Gasteiger partial charge in [0.1, 0.15) is 6.54 Å². The zero-order valence-electron chi connectivity index (χ0n) is 18.7. The number of nitrogens with zero attached hydrogens (tertiary/aromatic N) is 3. The van der Waals surface area contributed by atoms with Gasteiger partial charge in [-0.1, -0.05) is 35.9 Å². The molecule has 0 heterocycles. The van der Waals surface area contributed by atoms with E-state index >= 15 is 0 Å². The summed E-state index contributed by atoms with van der Waals surface area (Å²) in [4.78, 5) is 23.2. The summed E-state index contributed by atoms with van der Waals surface area (Å²) < 4.78 is 32.5. The van der Waals surface area contributed by atoms with Crippen LogP contribution in [-0.4, -0.2) is 39.1 Å². The molecule has 182 valence electrons. The molecule has 0 saturated heterocycles. The first-order valence-corrected chi connectivity index (χ1v) is 11.9. The first-order valence-electron chi connectivity index (χ1n) is 10.1. The van der Waals surface area contributed by atoms with Crippen LogP contribution < -0.4 is 14.5 Å². The first-order chi connectivity index (χ1) is 16.6. The molecule has 0 atom stereocenters. The molecule has 0 aliphatic heterocycles. The van der Waals surface area contributed by atoms with Gasteiger partial charge in [0.05, 0.1) is 28.8 Å². The van der Waals surface area contributed by atoms with Gasteiger partial charge in [-0.3, -0.25) is 19.2 Å². The molecule has 1 amide bonds. The van der Waals surface area contributed by atoms with Crippen LogP contribution in [0.2, 0.25) is 5.02 Å². The lowest BCUT2D eigenvalue weighted by molar-refractivity contribution is -0.385. The van der Waals surface area contributed by atoms with Crippen molar-refractivity contribution in [3.05, 3.63) is 93.0 Å². The molecule has 35 heavy (non-hydrogen) atoms. The highest BCUT2D eigenvalue weighted by molar-refractivity contribution is 7.92. The van der Waals surface area contributed by atoms with Crippen LogP contribution in [0.4, 0.5) is 11.4 Å². The summed E-state index contributed by atoms with van der Waals surface area (Å²) in [5, 5.41) is 15.3. The third kappa shape index (κ3) is 6.14. The minimum atomic E-state index is -4.11. The van der Waals surface area contributed by atoms with E-state index in [1.54, 1.807) is 37.3 Å². The van der Waals surface area contributed by atoms with Crippen LogP contribution in [0.5, 0.6) is 5.75 Å². The van der Waals surface area contributed by atoms with E-state index in [1.807, 2.05) is 0 Å². The Labute approximate surface area is 207 Å². The summed E-state index contributed by atoms with van der Waals surface area (Å²) >= 11 is 6.20. The van der Waals surface area contributed by atoms with Crippen molar-refractivity contribution >= 4 is 45.1 Å². The zero-order valence-corrected chi connectivity index (χ0v) is 20.3. The number of anilines is 1. The van der Waals surface area contributed by atoms with Crippen molar-refractivity contribution in [3.8, 4) is 5.75 Å². The van der Waals surface area contributed by atoms with Crippen LogP contribution in [0, 0.1) is 17.0 Å². The predicted octanol–water partition coefficient (Wildman–Crippen LogP) is 3.91. The van der Waals surface area contributed by atoms with Gasteiger partial charge in [-0.2, -0.15) is 5.10 Å². The van der Waals surface area contributed by atoms with Crippen LogP contribution in [0.3, 0.4) is 0 Å². The summed E-state index contributed by atoms with van der Waals surface area (Å²) in [6, 6.07) is 16.5. The zero-order chi connectivity index (χ0) is 25.6. The highest BCUT2D eigenvalue weighted by atomic mass is 35.5. The largest absolute Gasteiger partial charge is 0.490 e. The van der Waals surface area contributed by atoms with E-state index in [9.17, 15) is 23.3 Å². The minimum Gasteiger partial charge on any atom is -0.490 e. The lowest BCUT2D eigenvalue weighted by Crippen LogP contribution is -2.39. The molecule has 12 heteroatoms. The van der Waals surface area contributed by atoms with Crippen molar-refractivity contribution in [2.24, 2.45) is 5.10 Å². The maximum absolute atomic E-state index is 13.3. The van der Waals surface area contributed by atoms with Crippen molar-refractivity contribution in [2.45, 2.75) is 11.8 Å². The van der Waals surface area contributed by atoms with Gasteiger partial charge in [-0.15, -0.1) is 0 Å². The normalized spacial score (nSPS) is 11.3. The van der Waals surface area contributed by atoms with E-state index in [0.29, 0.717) is 10.6 Å². The molecule has 0 spiro atoms. The van der Waals surface area contributed by atoms with Crippen molar-refractivity contribution in [1.82, 2.24) is 5.43 Å². The number of nitrogens with one attached hydrogen (secondary N) is 1. The number of ether oxygens (including phenoxy) is 1. The third-order valence-corrected chi connectivity index (χ3v) is 7.06. The summed E-state index contributed by atoms with van der Waals surface area (Å²) in [5.41, 5.74) is 3.26. The lowest BCUT2D eigenvalue weighted by Gasteiger charge is -2.24. The fourth-order valence-corrected chi connectivity index (χ4v) is 4.65. The Kier molecular flexibility index (Phi) is 8.05. The summed E-state index contributed by atoms with van der Waals surface area (Å²) in [7, 11) is -2.79. The van der Waals surface area contributed by atoms with Crippen molar-refractivity contribution in [2.75, 3.05) is 18.0 Å². The Bertz CT molecular complexity index is 1380. The van der Waals surface area contributed by atoms with Gasteiger partial charge in [0.15, 0.2) is 5.75 Å². The average molecular weight is 517 g/mol. The van der Waals surface area contributed by atoms with E-state index < -0.39 is 27.4 Å². The van der Waals surface area contributed by atoms with Gasteiger partial charge in [-0.05, 0) is 48.9 Å². The molecule has 3 rings (SSSR count). The molecular weight excluding hydrogens is 496 g/mol. The topological polar surface area (TPSA) is 131 Å². The number of hydrogen-bond donors (Lipinski definition) is 1. The van der Waals surface area contributed by atoms with E-state index in [-0.39, 0.29) is 22.0 Å². The lowest BCUT2D eigenvalue weighted by atomic mass is 10.2. The number of hydrazone groups is 1. The van der Waals surface area contributed by atoms with Gasteiger partial charge in [0.2, 0.25) is 0 Å². The van der Waals surface area contributed by atoms with Gasteiger partial charge in [-0.25, -0.2) is 13.8 Å². The van der Waals surface area contributed by atoms with Crippen LogP contribution >= 0.6 is 11.6 Å². The Morgan fingerprint density at radius 2 is 1.89 bits per heavy atom. The van der Waals surface area contributed by atoms with Gasteiger partial charge in [0, 0.05) is 16.7 Å². The number of hydrogen-bond acceptors (Lipinski definition) is 7. The Hall–Kier alpha value is -3.96. The Morgan fingerprint density at radius 1 is 1.17 bits per heavy atom. The molecule has 0 aliphatic carbocycles. The number of sulfonamides is 1. The smallest absolute Gasteiger partial charge is 0.311 e. The minimum absolute atomic E-state index is 0.00135. The number of aryl methyl sites for hydroxylation is 1. The van der Waals surface area contributed by atoms with Crippen LogP contribution in [0.25, 0.3) is 0 Å². The molecule has 0 fully saturated rings. The molecule has 3 aromatic carbocycles. The fraction of sp³-hybridized carbons (Fsp3) is 0.130. The second-order valence-electron chi connectivity index (χ2n) is 7.24. The molecule has 0 radical (unpaired) electrons. The fourth-order valence-electron chi connectivity index (χ4n) is 3.05. The molecule has 0 unspecified atom stereocenters. The van der Waals surface area contributed by atoms with Gasteiger partial charge >= 0.3 is 5.69 Å². The maximum Gasteiger partial charge on any atom is 0.311 e. The van der Waals surface area contributed by atoms with Gasteiger partial charge < -0.3 is 4.74 Å². The quantitative estimate of drug-likeness (QED) is 0.260. The van der Waals surface area contributed by atoms with Crippen molar-refractivity contribution < 1.29 is 22.9 Å². The predicted molar refractivity (Wildman–Crippen MR) is 133 cm³/mol. The number of carbonyl (C=O) groups excluding carboxylic acids is 1. The number of nitro benzene ring substituents is 1. The van der Waals surface area contributed by atoms with Crippen molar-refractivity contribution in [1.29, 1.82) is 0 Å². The highest BCUT2D eigenvalue weighted by Crippen LogP contribution is 2.28.